The molecule has 2 aliphatic heterocycles. The smallest absolute Gasteiger partial charge is 0.263 e. The number of aromatic nitrogens is 2. The lowest BCUT2D eigenvalue weighted by molar-refractivity contribution is -0.125. The van der Waals surface area contributed by atoms with Crippen LogP contribution in [0.3, 0.4) is 0 Å². The lowest BCUT2D eigenvalue weighted by Crippen LogP contribution is -2.41. The molecule has 5 rings (SSSR count). The van der Waals surface area contributed by atoms with Crippen LogP contribution >= 0.6 is 0 Å². The number of carbonyl (C=O) groups excluding carboxylic acids is 3. The van der Waals surface area contributed by atoms with E-state index in [0.717, 1.165) is 18.5 Å². The quantitative estimate of drug-likeness (QED) is 0.653. The molecule has 3 aliphatic rings. The zero-order valence-electron chi connectivity index (χ0n) is 19.6. The van der Waals surface area contributed by atoms with Crippen LogP contribution in [0.15, 0.2) is 22.8 Å². The van der Waals surface area contributed by atoms with Crippen molar-refractivity contribution in [3.63, 3.8) is 0 Å². The van der Waals surface area contributed by atoms with E-state index in [4.69, 9.17) is 0 Å². The Bertz CT molecular complexity index is 1080. The lowest BCUT2D eigenvalue weighted by Gasteiger charge is -2.34. The van der Waals surface area contributed by atoms with Crippen molar-refractivity contribution in [3.05, 3.63) is 40.7 Å². The first-order valence-corrected chi connectivity index (χ1v) is 12.3. The van der Waals surface area contributed by atoms with Crippen LogP contribution in [0.4, 0.5) is 5.69 Å². The minimum Gasteiger partial charge on any atom is -0.371 e. The second-order valence-corrected chi connectivity index (χ2v) is 9.70. The highest BCUT2D eigenvalue weighted by molar-refractivity contribution is 6.23. The van der Waals surface area contributed by atoms with Crippen molar-refractivity contribution in [2.24, 2.45) is 11.8 Å². The first-order valence-electron chi connectivity index (χ1n) is 12.3. The van der Waals surface area contributed by atoms with Gasteiger partial charge in [0, 0.05) is 25.6 Å². The monoisotopic (exact) mass is 465 g/mol. The van der Waals surface area contributed by atoms with Gasteiger partial charge in [-0.1, -0.05) is 35.6 Å². The molecule has 3 amide bonds. The molecule has 0 atom stereocenters. The second-order valence-electron chi connectivity index (χ2n) is 9.70. The summed E-state index contributed by atoms with van der Waals surface area (Å²) in [7, 11) is 0. The van der Waals surface area contributed by atoms with Crippen LogP contribution in [0, 0.1) is 18.8 Å². The Morgan fingerprint density at radius 1 is 1.06 bits per heavy atom. The summed E-state index contributed by atoms with van der Waals surface area (Å²) < 4.78 is 4.68. The number of hydrogen-bond donors (Lipinski definition) is 1. The minimum absolute atomic E-state index is 0.00903. The van der Waals surface area contributed by atoms with E-state index >= 15 is 0 Å². The number of fused-ring (bicyclic) bond motifs is 1. The first kappa shape index (κ1) is 22.6. The average Bonchev–Trinajstić information content (AvgIpc) is 3.39. The summed E-state index contributed by atoms with van der Waals surface area (Å²) in [5.41, 5.74) is 3.15. The normalized spacial score (nSPS) is 19.6. The molecule has 1 aliphatic carbocycles. The molecular formula is C25H31N5O4. The molecule has 34 heavy (non-hydrogen) atoms. The molecule has 9 nitrogen and oxygen atoms in total. The topological polar surface area (TPSA) is 109 Å². The van der Waals surface area contributed by atoms with Crippen LogP contribution in [0.2, 0.25) is 0 Å². The van der Waals surface area contributed by atoms with Crippen molar-refractivity contribution in [2.45, 2.75) is 58.4 Å². The predicted molar refractivity (Wildman–Crippen MR) is 124 cm³/mol. The number of imide groups is 1. The van der Waals surface area contributed by atoms with Gasteiger partial charge in [0.15, 0.2) is 0 Å². The van der Waals surface area contributed by atoms with E-state index in [0.29, 0.717) is 67.5 Å². The molecule has 0 bridgehead atoms. The molecule has 1 aromatic carbocycles. The van der Waals surface area contributed by atoms with Crippen LogP contribution in [-0.2, 0) is 11.3 Å². The maximum absolute atomic E-state index is 13.3. The summed E-state index contributed by atoms with van der Waals surface area (Å²) in [6, 6.07) is 5.55. The summed E-state index contributed by atoms with van der Waals surface area (Å²) in [5, 5.41) is 10.5. The highest BCUT2D eigenvalue weighted by atomic mass is 16.6. The molecule has 0 radical (unpaired) electrons. The van der Waals surface area contributed by atoms with Crippen LogP contribution in [0.5, 0.6) is 0 Å². The maximum Gasteiger partial charge on any atom is 0.263 e. The van der Waals surface area contributed by atoms with Crippen molar-refractivity contribution in [1.82, 2.24) is 20.5 Å². The van der Waals surface area contributed by atoms with Crippen molar-refractivity contribution >= 4 is 23.4 Å². The van der Waals surface area contributed by atoms with Gasteiger partial charge in [-0.05, 0) is 50.7 Å². The molecule has 2 fully saturated rings. The molecule has 2 aromatic rings. The predicted octanol–water partition coefficient (Wildman–Crippen LogP) is 3.09. The van der Waals surface area contributed by atoms with Crippen LogP contribution in [0.1, 0.15) is 77.0 Å². The Morgan fingerprint density at radius 3 is 2.53 bits per heavy atom. The molecule has 1 saturated heterocycles. The molecule has 0 spiro atoms. The van der Waals surface area contributed by atoms with Crippen molar-refractivity contribution in [3.8, 4) is 0 Å². The number of benzene rings is 1. The van der Waals surface area contributed by atoms with E-state index < -0.39 is 0 Å². The highest BCUT2D eigenvalue weighted by Gasteiger charge is 2.40. The van der Waals surface area contributed by atoms with Gasteiger partial charge < -0.3 is 10.2 Å². The largest absolute Gasteiger partial charge is 0.371 e. The zero-order valence-corrected chi connectivity index (χ0v) is 19.6. The number of nitrogens with zero attached hydrogens (tertiary/aromatic N) is 4. The Balaban J connectivity index is 1.23. The van der Waals surface area contributed by atoms with Gasteiger partial charge in [0.2, 0.25) is 5.91 Å². The van der Waals surface area contributed by atoms with Gasteiger partial charge in [-0.2, -0.15) is 0 Å². The summed E-state index contributed by atoms with van der Waals surface area (Å²) in [4.78, 5) is 42.7. The van der Waals surface area contributed by atoms with Crippen molar-refractivity contribution in [1.29, 1.82) is 0 Å². The molecule has 0 unspecified atom stereocenters. The summed E-state index contributed by atoms with van der Waals surface area (Å²) in [5.74, 6) is -0.0407. The number of piperidine rings is 1. The molecule has 1 aromatic heterocycles. The Labute approximate surface area is 198 Å². The van der Waals surface area contributed by atoms with Gasteiger partial charge in [-0.25, -0.2) is 4.63 Å². The molecule has 1 N–H and O–H groups in total. The number of anilines is 1. The van der Waals surface area contributed by atoms with Crippen molar-refractivity contribution in [2.75, 3.05) is 24.5 Å². The number of rotatable bonds is 6. The second kappa shape index (κ2) is 9.56. The average molecular weight is 466 g/mol. The molecular weight excluding hydrogens is 434 g/mol. The first-order chi connectivity index (χ1) is 16.5. The van der Waals surface area contributed by atoms with Crippen LogP contribution in [0.25, 0.3) is 0 Å². The fourth-order valence-corrected chi connectivity index (χ4v) is 5.48. The van der Waals surface area contributed by atoms with Crippen LogP contribution in [-0.4, -0.2) is 52.6 Å². The Kier molecular flexibility index (Phi) is 6.34. The van der Waals surface area contributed by atoms with Gasteiger partial charge in [0.1, 0.15) is 11.4 Å². The number of hydrogen-bond acceptors (Lipinski definition) is 7. The molecule has 1 saturated carbocycles. The third kappa shape index (κ3) is 4.31. The summed E-state index contributed by atoms with van der Waals surface area (Å²) in [6.45, 7) is 3.92. The maximum atomic E-state index is 13.3. The zero-order chi connectivity index (χ0) is 23.7. The highest BCUT2D eigenvalue weighted by Crippen LogP contribution is 2.35. The summed E-state index contributed by atoms with van der Waals surface area (Å²) >= 11 is 0. The van der Waals surface area contributed by atoms with E-state index in [2.05, 4.69) is 25.2 Å². The van der Waals surface area contributed by atoms with E-state index in [1.165, 1.54) is 24.2 Å². The molecule has 180 valence electrons. The van der Waals surface area contributed by atoms with E-state index in [-0.39, 0.29) is 23.6 Å². The lowest BCUT2D eigenvalue weighted by atomic mass is 9.89. The number of aryl methyl sites for hydroxylation is 1. The fourth-order valence-electron chi connectivity index (χ4n) is 5.48. The Morgan fingerprint density at radius 2 is 1.82 bits per heavy atom. The van der Waals surface area contributed by atoms with Crippen molar-refractivity contribution < 1.29 is 19.0 Å². The fraction of sp³-hybridized carbons (Fsp3) is 0.560. The third-order valence-electron chi connectivity index (χ3n) is 7.53. The standard InChI is InChI=1S/C25H31N5O4/c1-16-20(28-34-27-16)14-26-23(31)18-10-12-29(13-11-18)21-9-5-8-19-22(21)25(33)30(24(19)32)15-17-6-3-2-4-7-17/h5,8-9,17-18H,2-4,6-7,10-15H2,1H3,(H,26,31). The number of amides is 3. The number of carbonyl (C=O) groups is 3. The van der Waals surface area contributed by atoms with E-state index in [1.54, 1.807) is 13.0 Å². The SMILES string of the molecule is Cc1nonc1CNC(=O)C1CCN(c2cccc3c2C(=O)N(CC2CCCCC2)C3=O)CC1. The minimum atomic E-state index is -0.169. The van der Waals surface area contributed by atoms with E-state index in [1.807, 2.05) is 12.1 Å². The van der Waals surface area contributed by atoms with Gasteiger partial charge in [-0.15, -0.1) is 0 Å². The van der Waals surface area contributed by atoms with E-state index in [9.17, 15) is 14.4 Å². The third-order valence-corrected chi connectivity index (χ3v) is 7.53. The molecule has 3 heterocycles. The van der Waals surface area contributed by atoms with Gasteiger partial charge in [-0.3, -0.25) is 19.3 Å². The van der Waals surface area contributed by atoms with Gasteiger partial charge in [0.05, 0.1) is 23.4 Å². The Hall–Kier alpha value is -3.23. The number of nitrogens with one attached hydrogen (secondary N) is 1. The van der Waals surface area contributed by atoms with Gasteiger partial charge >= 0.3 is 0 Å². The van der Waals surface area contributed by atoms with Crippen LogP contribution < -0.4 is 10.2 Å². The van der Waals surface area contributed by atoms with Gasteiger partial charge in [0.25, 0.3) is 11.8 Å². The molecule has 9 heteroatoms. The summed E-state index contributed by atoms with van der Waals surface area (Å²) in [6.07, 6.45) is 7.13.